The standard InChI is InChI=1S/C33H33N3O3/c1-5-35(6-2)27-15-13-23(14-16-27)30-29(31(37)25-12-11-22-9-7-8-10-24(22)21-25)32(38)33(39)36(30)28-19-17-26(18-20-28)34(3)4/h7-21,30,37H,5-6H2,1-4H3/b31-29-. The topological polar surface area (TPSA) is 64.1 Å². The fraction of sp³-hybridized carbons (Fsp3) is 0.212. The summed E-state index contributed by atoms with van der Waals surface area (Å²) in [5, 5.41) is 13.5. The van der Waals surface area contributed by atoms with Crippen molar-refractivity contribution >= 4 is 45.3 Å². The molecular weight excluding hydrogens is 486 g/mol. The van der Waals surface area contributed by atoms with E-state index in [9.17, 15) is 14.7 Å². The van der Waals surface area contributed by atoms with Gasteiger partial charge in [-0.15, -0.1) is 0 Å². The van der Waals surface area contributed by atoms with Gasteiger partial charge in [0.1, 0.15) is 5.76 Å². The molecule has 0 aromatic heterocycles. The Morgan fingerprint density at radius 1 is 0.795 bits per heavy atom. The Labute approximate surface area is 229 Å². The first-order valence-corrected chi connectivity index (χ1v) is 13.3. The van der Waals surface area contributed by atoms with Crippen LogP contribution in [0.15, 0.2) is 96.6 Å². The van der Waals surface area contributed by atoms with Crippen LogP contribution in [-0.2, 0) is 9.59 Å². The van der Waals surface area contributed by atoms with Gasteiger partial charge in [0, 0.05) is 49.8 Å². The van der Waals surface area contributed by atoms with Crippen molar-refractivity contribution in [3.8, 4) is 0 Å². The average Bonchev–Trinajstić information content (AvgIpc) is 3.23. The van der Waals surface area contributed by atoms with Gasteiger partial charge in [-0.1, -0.05) is 48.5 Å². The van der Waals surface area contributed by atoms with Crippen LogP contribution in [0.1, 0.15) is 31.0 Å². The molecule has 1 heterocycles. The lowest BCUT2D eigenvalue weighted by Gasteiger charge is -2.27. The van der Waals surface area contributed by atoms with Crippen molar-refractivity contribution < 1.29 is 14.7 Å². The number of fused-ring (bicyclic) bond motifs is 1. The SMILES string of the molecule is CCN(CC)c1ccc(C2/C(=C(/O)c3ccc4ccccc4c3)C(=O)C(=O)N2c2ccc(N(C)C)cc2)cc1. The van der Waals surface area contributed by atoms with E-state index in [0.29, 0.717) is 11.3 Å². The van der Waals surface area contributed by atoms with Crippen molar-refractivity contribution in [2.75, 3.05) is 41.9 Å². The van der Waals surface area contributed by atoms with E-state index in [1.807, 2.05) is 104 Å². The highest BCUT2D eigenvalue weighted by molar-refractivity contribution is 6.51. The Hall–Kier alpha value is -4.58. The molecule has 198 valence electrons. The molecule has 0 bridgehead atoms. The van der Waals surface area contributed by atoms with Gasteiger partial charge in [-0.25, -0.2) is 0 Å². The van der Waals surface area contributed by atoms with Gasteiger partial charge in [0.2, 0.25) is 0 Å². The zero-order valence-corrected chi connectivity index (χ0v) is 22.8. The van der Waals surface area contributed by atoms with Gasteiger partial charge in [0.25, 0.3) is 11.7 Å². The summed E-state index contributed by atoms with van der Waals surface area (Å²) in [5.74, 6) is -1.53. The number of amides is 1. The molecule has 1 unspecified atom stereocenters. The molecule has 4 aromatic rings. The highest BCUT2D eigenvalue weighted by Crippen LogP contribution is 2.43. The number of ketones is 1. The summed E-state index contributed by atoms with van der Waals surface area (Å²) in [6, 6.07) is 28.0. The van der Waals surface area contributed by atoms with Crippen LogP contribution in [0.25, 0.3) is 16.5 Å². The highest BCUT2D eigenvalue weighted by atomic mass is 16.3. The molecule has 1 amide bonds. The Morgan fingerprint density at radius 2 is 1.41 bits per heavy atom. The van der Waals surface area contributed by atoms with Crippen LogP contribution >= 0.6 is 0 Å². The van der Waals surface area contributed by atoms with Crippen LogP contribution in [0.3, 0.4) is 0 Å². The molecule has 39 heavy (non-hydrogen) atoms. The maximum absolute atomic E-state index is 13.6. The van der Waals surface area contributed by atoms with Crippen LogP contribution in [0, 0.1) is 0 Å². The fourth-order valence-corrected chi connectivity index (χ4v) is 5.27. The van der Waals surface area contributed by atoms with Gasteiger partial charge in [-0.05, 0) is 72.6 Å². The number of carbonyl (C=O) groups excluding carboxylic acids is 2. The zero-order valence-electron chi connectivity index (χ0n) is 22.8. The van der Waals surface area contributed by atoms with Gasteiger partial charge in [-0.2, -0.15) is 0 Å². The molecular formula is C33H33N3O3. The van der Waals surface area contributed by atoms with Gasteiger partial charge >= 0.3 is 0 Å². The minimum Gasteiger partial charge on any atom is -0.507 e. The van der Waals surface area contributed by atoms with Gasteiger partial charge in [0.05, 0.1) is 11.6 Å². The third kappa shape index (κ3) is 4.74. The summed E-state index contributed by atoms with van der Waals surface area (Å²) in [6.45, 7) is 5.95. The van der Waals surface area contributed by atoms with Crippen molar-refractivity contribution in [1.29, 1.82) is 0 Å². The van der Waals surface area contributed by atoms with Gasteiger partial charge < -0.3 is 14.9 Å². The number of aliphatic hydroxyl groups is 1. The molecule has 0 radical (unpaired) electrons. The molecule has 6 heteroatoms. The van der Waals surface area contributed by atoms with Crippen LogP contribution in [0.2, 0.25) is 0 Å². The normalized spacial score (nSPS) is 16.6. The predicted molar refractivity (Wildman–Crippen MR) is 160 cm³/mol. The Morgan fingerprint density at radius 3 is 2.03 bits per heavy atom. The molecule has 0 saturated carbocycles. The molecule has 4 aromatic carbocycles. The van der Waals surface area contributed by atoms with Crippen LogP contribution in [0.4, 0.5) is 17.1 Å². The second-order valence-corrected chi connectivity index (χ2v) is 9.91. The number of rotatable bonds is 7. The van der Waals surface area contributed by atoms with E-state index in [0.717, 1.165) is 40.8 Å². The van der Waals surface area contributed by atoms with E-state index in [-0.39, 0.29) is 11.3 Å². The first-order valence-electron chi connectivity index (χ1n) is 13.3. The molecule has 5 rings (SSSR count). The minimum absolute atomic E-state index is 0.0857. The molecule has 0 spiro atoms. The summed E-state index contributed by atoms with van der Waals surface area (Å²) < 4.78 is 0. The van der Waals surface area contributed by atoms with Crippen LogP contribution in [0.5, 0.6) is 0 Å². The summed E-state index contributed by atoms with van der Waals surface area (Å²) in [6.07, 6.45) is 0. The second-order valence-electron chi connectivity index (χ2n) is 9.91. The number of nitrogens with zero attached hydrogens (tertiary/aromatic N) is 3. The number of benzene rings is 4. The lowest BCUT2D eigenvalue weighted by atomic mass is 9.94. The lowest BCUT2D eigenvalue weighted by Crippen LogP contribution is -2.29. The minimum atomic E-state index is -0.771. The van der Waals surface area contributed by atoms with E-state index in [1.54, 1.807) is 6.07 Å². The number of anilines is 3. The number of carbonyl (C=O) groups is 2. The summed E-state index contributed by atoms with van der Waals surface area (Å²) in [7, 11) is 3.89. The second kappa shape index (κ2) is 10.7. The van der Waals surface area contributed by atoms with Crippen molar-refractivity contribution in [1.82, 2.24) is 0 Å². The number of aliphatic hydroxyl groups excluding tert-OH is 1. The molecule has 1 saturated heterocycles. The van der Waals surface area contributed by atoms with Crippen molar-refractivity contribution in [2.45, 2.75) is 19.9 Å². The Kier molecular flexibility index (Phi) is 7.11. The summed E-state index contributed by atoms with van der Waals surface area (Å²) in [4.78, 5) is 32.8. The molecule has 1 atom stereocenters. The van der Waals surface area contributed by atoms with E-state index >= 15 is 0 Å². The quantitative estimate of drug-likeness (QED) is 0.174. The predicted octanol–water partition coefficient (Wildman–Crippen LogP) is 6.38. The monoisotopic (exact) mass is 519 g/mol. The third-order valence-corrected chi connectivity index (χ3v) is 7.45. The number of Topliss-reactive ketones (excluding diaryl/α,β-unsaturated/α-hetero) is 1. The molecule has 1 fully saturated rings. The molecule has 0 aliphatic carbocycles. The lowest BCUT2D eigenvalue weighted by molar-refractivity contribution is -0.132. The van der Waals surface area contributed by atoms with Gasteiger partial charge in [0.15, 0.2) is 0 Å². The molecule has 1 aliphatic heterocycles. The first-order chi connectivity index (χ1) is 18.8. The molecule has 1 aliphatic rings. The van der Waals surface area contributed by atoms with Gasteiger partial charge in [-0.3, -0.25) is 14.5 Å². The summed E-state index contributed by atoms with van der Waals surface area (Å²) in [5.41, 5.74) is 3.97. The Balaban J connectivity index is 1.67. The maximum Gasteiger partial charge on any atom is 0.300 e. The largest absolute Gasteiger partial charge is 0.507 e. The number of hydrogen-bond acceptors (Lipinski definition) is 5. The van der Waals surface area contributed by atoms with E-state index in [4.69, 9.17) is 0 Å². The molecule has 1 N–H and O–H groups in total. The van der Waals surface area contributed by atoms with E-state index in [1.165, 1.54) is 4.90 Å². The smallest absolute Gasteiger partial charge is 0.300 e. The maximum atomic E-state index is 13.6. The van der Waals surface area contributed by atoms with E-state index < -0.39 is 17.7 Å². The van der Waals surface area contributed by atoms with Crippen molar-refractivity contribution in [3.05, 3.63) is 108 Å². The third-order valence-electron chi connectivity index (χ3n) is 7.45. The van der Waals surface area contributed by atoms with Crippen LogP contribution in [-0.4, -0.2) is 44.0 Å². The van der Waals surface area contributed by atoms with E-state index in [2.05, 4.69) is 18.7 Å². The fourth-order valence-electron chi connectivity index (χ4n) is 5.27. The van der Waals surface area contributed by atoms with Crippen LogP contribution < -0.4 is 14.7 Å². The Bertz CT molecular complexity index is 1550. The zero-order chi connectivity index (χ0) is 27.7. The highest BCUT2D eigenvalue weighted by Gasteiger charge is 2.47. The molecule has 6 nitrogen and oxygen atoms in total. The van der Waals surface area contributed by atoms with Crippen molar-refractivity contribution in [2.24, 2.45) is 0 Å². The first kappa shape index (κ1) is 26.0. The average molecular weight is 520 g/mol. The number of hydrogen-bond donors (Lipinski definition) is 1. The summed E-state index contributed by atoms with van der Waals surface area (Å²) >= 11 is 0. The van der Waals surface area contributed by atoms with Crippen molar-refractivity contribution in [3.63, 3.8) is 0 Å².